The fourth-order valence-corrected chi connectivity index (χ4v) is 3.12. The molecule has 1 aromatic rings. The normalized spacial score (nSPS) is 17.1. The molecule has 1 aromatic carbocycles. The van der Waals surface area contributed by atoms with Crippen LogP contribution in [0.4, 0.5) is 15.3 Å². The molecule has 8 nitrogen and oxygen atoms in total. The number of nitrogens with one attached hydrogen (secondary N) is 2. The van der Waals surface area contributed by atoms with E-state index in [1.165, 1.54) is 0 Å². The van der Waals surface area contributed by atoms with E-state index in [0.717, 1.165) is 25.1 Å². The number of carbonyl (C=O) groups excluding carboxylic acids is 2. The van der Waals surface area contributed by atoms with Gasteiger partial charge in [-0.05, 0) is 78.6 Å². The molecule has 2 rings (SSSR count). The Bertz CT molecular complexity index is 722. The van der Waals surface area contributed by atoms with Gasteiger partial charge in [-0.3, -0.25) is 5.32 Å². The van der Waals surface area contributed by atoms with Gasteiger partial charge in [-0.2, -0.15) is 0 Å². The molecule has 2 amide bonds. The third-order valence-corrected chi connectivity index (χ3v) is 4.38. The van der Waals surface area contributed by atoms with E-state index in [9.17, 15) is 9.59 Å². The second-order valence-electron chi connectivity index (χ2n) is 9.72. The number of ether oxygens (including phenoxy) is 3. The average molecular weight is 436 g/mol. The number of piperidine rings is 1. The number of likely N-dealkylation sites (tertiary alicyclic amines) is 1. The minimum atomic E-state index is -0.539. The second-order valence-corrected chi connectivity index (χ2v) is 9.72. The van der Waals surface area contributed by atoms with E-state index in [1.54, 1.807) is 29.2 Å². The van der Waals surface area contributed by atoms with Gasteiger partial charge in [0.25, 0.3) is 0 Å². The molecule has 1 heterocycles. The first-order valence-corrected chi connectivity index (χ1v) is 10.9. The third kappa shape index (κ3) is 9.91. The molecule has 31 heavy (non-hydrogen) atoms. The minimum absolute atomic E-state index is 0.227. The number of anilines is 1. The van der Waals surface area contributed by atoms with Gasteiger partial charge in [-0.25, -0.2) is 9.59 Å². The number of benzene rings is 1. The van der Waals surface area contributed by atoms with Crippen molar-refractivity contribution in [3.05, 3.63) is 24.3 Å². The van der Waals surface area contributed by atoms with Crippen LogP contribution in [0.2, 0.25) is 0 Å². The smallest absolute Gasteiger partial charge is 0.412 e. The molecule has 0 spiro atoms. The Balaban J connectivity index is 1.69. The molecule has 0 aromatic heterocycles. The van der Waals surface area contributed by atoms with Gasteiger partial charge < -0.3 is 24.4 Å². The predicted octanol–water partition coefficient (Wildman–Crippen LogP) is 4.40. The molecule has 1 aliphatic heterocycles. The fraction of sp³-hybridized carbons (Fsp3) is 0.652. The molecule has 174 valence electrons. The SMILES string of the molecule is CC(C)(C)OC(=O)Nc1ccc(OCCNC2CCCN(C(=O)OC(C)(C)C)C2)cc1. The molecule has 1 fully saturated rings. The zero-order valence-electron chi connectivity index (χ0n) is 19.6. The second kappa shape index (κ2) is 10.7. The largest absolute Gasteiger partial charge is 0.492 e. The van der Waals surface area contributed by atoms with Crippen LogP contribution >= 0.6 is 0 Å². The summed E-state index contributed by atoms with van der Waals surface area (Å²) in [6, 6.07) is 7.37. The van der Waals surface area contributed by atoms with Gasteiger partial charge in [0.1, 0.15) is 23.6 Å². The molecular formula is C23H37N3O5. The van der Waals surface area contributed by atoms with E-state index in [-0.39, 0.29) is 12.1 Å². The number of amides is 2. The molecule has 1 aliphatic rings. The van der Waals surface area contributed by atoms with Crippen molar-refractivity contribution in [1.82, 2.24) is 10.2 Å². The van der Waals surface area contributed by atoms with Crippen molar-refractivity contribution in [2.24, 2.45) is 0 Å². The monoisotopic (exact) mass is 435 g/mol. The van der Waals surface area contributed by atoms with Crippen molar-refractivity contribution in [2.45, 2.75) is 71.6 Å². The van der Waals surface area contributed by atoms with Crippen LogP contribution in [0.3, 0.4) is 0 Å². The number of nitrogens with zero attached hydrogens (tertiary/aromatic N) is 1. The lowest BCUT2D eigenvalue weighted by Crippen LogP contribution is -2.50. The molecule has 8 heteroatoms. The summed E-state index contributed by atoms with van der Waals surface area (Å²) in [4.78, 5) is 25.8. The highest BCUT2D eigenvalue weighted by atomic mass is 16.6. The first kappa shape index (κ1) is 24.8. The maximum Gasteiger partial charge on any atom is 0.412 e. The van der Waals surface area contributed by atoms with Crippen molar-refractivity contribution >= 4 is 17.9 Å². The van der Waals surface area contributed by atoms with E-state index >= 15 is 0 Å². The number of hydrogen-bond acceptors (Lipinski definition) is 6. The summed E-state index contributed by atoms with van der Waals surface area (Å²) in [6.07, 6.45) is 1.22. The Morgan fingerprint density at radius 2 is 1.68 bits per heavy atom. The van der Waals surface area contributed by atoms with Crippen LogP contribution in [0.5, 0.6) is 5.75 Å². The lowest BCUT2D eigenvalue weighted by molar-refractivity contribution is 0.0186. The van der Waals surface area contributed by atoms with Crippen LogP contribution in [-0.4, -0.2) is 60.6 Å². The summed E-state index contributed by atoms with van der Waals surface area (Å²) in [6.45, 7) is 13.6. The van der Waals surface area contributed by atoms with Gasteiger partial charge in [0.2, 0.25) is 0 Å². The molecule has 0 saturated carbocycles. The van der Waals surface area contributed by atoms with E-state index in [2.05, 4.69) is 10.6 Å². The first-order valence-electron chi connectivity index (χ1n) is 10.9. The number of carbonyl (C=O) groups is 2. The highest BCUT2D eigenvalue weighted by Gasteiger charge is 2.27. The molecule has 0 radical (unpaired) electrons. The lowest BCUT2D eigenvalue weighted by Gasteiger charge is -2.34. The molecule has 2 N–H and O–H groups in total. The highest BCUT2D eigenvalue weighted by molar-refractivity contribution is 5.84. The van der Waals surface area contributed by atoms with Crippen LogP contribution in [-0.2, 0) is 9.47 Å². The van der Waals surface area contributed by atoms with Crippen molar-refractivity contribution in [3.63, 3.8) is 0 Å². The number of rotatable bonds is 6. The topological polar surface area (TPSA) is 89.1 Å². The molecular weight excluding hydrogens is 398 g/mol. The number of hydrogen-bond donors (Lipinski definition) is 2. The molecule has 1 atom stereocenters. The zero-order valence-corrected chi connectivity index (χ0v) is 19.6. The Kier molecular flexibility index (Phi) is 8.56. The van der Waals surface area contributed by atoms with Gasteiger partial charge in [-0.1, -0.05) is 0 Å². The quantitative estimate of drug-likeness (QED) is 0.644. The summed E-state index contributed by atoms with van der Waals surface area (Å²) >= 11 is 0. The van der Waals surface area contributed by atoms with Crippen molar-refractivity contribution in [2.75, 3.05) is 31.6 Å². The standard InChI is InChI=1S/C23H37N3O5/c1-22(2,3)30-20(27)25-17-9-11-19(12-10-17)29-15-13-24-18-8-7-14-26(16-18)21(28)31-23(4,5)6/h9-12,18,24H,7-8,13-16H2,1-6H3,(H,25,27). The Morgan fingerprint density at radius 1 is 1.03 bits per heavy atom. The van der Waals surface area contributed by atoms with Gasteiger partial charge in [0.05, 0.1) is 0 Å². The maximum atomic E-state index is 12.3. The lowest BCUT2D eigenvalue weighted by atomic mass is 10.1. The van der Waals surface area contributed by atoms with Crippen LogP contribution in [0, 0.1) is 0 Å². The van der Waals surface area contributed by atoms with Gasteiger partial charge in [-0.15, -0.1) is 0 Å². The van der Waals surface area contributed by atoms with Crippen LogP contribution in [0.15, 0.2) is 24.3 Å². The van der Waals surface area contributed by atoms with Crippen molar-refractivity contribution in [3.8, 4) is 5.75 Å². The average Bonchev–Trinajstić information content (AvgIpc) is 2.64. The van der Waals surface area contributed by atoms with Crippen LogP contribution in [0.25, 0.3) is 0 Å². The van der Waals surface area contributed by atoms with E-state index < -0.39 is 17.3 Å². The first-order chi connectivity index (χ1) is 14.4. The molecule has 0 aliphatic carbocycles. The van der Waals surface area contributed by atoms with Gasteiger partial charge in [0.15, 0.2) is 0 Å². The van der Waals surface area contributed by atoms with Gasteiger partial charge in [0, 0.05) is 31.4 Å². The fourth-order valence-electron chi connectivity index (χ4n) is 3.12. The Labute approximate surface area is 185 Å². The van der Waals surface area contributed by atoms with Crippen LogP contribution in [0.1, 0.15) is 54.4 Å². The van der Waals surface area contributed by atoms with E-state index in [0.29, 0.717) is 25.4 Å². The molecule has 1 unspecified atom stereocenters. The minimum Gasteiger partial charge on any atom is -0.492 e. The Morgan fingerprint density at radius 3 is 2.29 bits per heavy atom. The predicted molar refractivity (Wildman–Crippen MR) is 121 cm³/mol. The molecule has 1 saturated heterocycles. The van der Waals surface area contributed by atoms with Gasteiger partial charge >= 0.3 is 12.2 Å². The zero-order chi connectivity index (χ0) is 23.1. The summed E-state index contributed by atoms with van der Waals surface area (Å²) in [7, 11) is 0. The van der Waals surface area contributed by atoms with E-state index in [4.69, 9.17) is 14.2 Å². The van der Waals surface area contributed by atoms with Crippen molar-refractivity contribution in [1.29, 1.82) is 0 Å². The summed E-state index contributed by atoms with van der Waals surface area (Å²) in [5.41, 5.74) is -0.379. The van der Waals surface area contributed by atoms with Crippen LogP contribution < -0.4 is 15.4 Å². The summed E-state index contributed by atoms with van der Waals surface area (Å²) in [5, 5.41) is 6.14. The Hall–Kier alpha value is -2.48. The highest BCUT2D eigenvalue weighted by Crippen LogP contribution is 2.18. The van der Waals surface area contributed by atoms with Crippen molar-refractivity contribution < 1.29 is 23.8 Å². The van der Waals surface area contributed by atoms with E-state index in [1.807, 2.05) is 41.5 Å². The maximum absolute atomic E-state index is 12.3. The summed E-state index contributed by atoms with van der Waals surface area (Å²) < 4.78 is 16.5. The summed E-state index contributed by atoms with van der Waals surface area (Å²) in [5.74, 6) is 0.718. The third-order valence-electron chi connectivity index (χ3n) is 4.38. The molecule has 0 bridgehead atoms.